The van der Waals surface area contributed by atoms with Crippen LogP contribution in [0.2, 0.25) is 0 Å². The van der Waals surface area contributed by atoms with Gasteiger partial charge in [0, 0.05) is 28.2 Å². The molecule has 0 spiro atoms. The molecule has 4 heteroatoms. The molecule has 2 heterocycles. The highest BCUT2D eigenvalue weighted by Gasteiger charge is 2.36. The van der Waals surface area contributed by atoms with Crippen molar-refractivity contribution in [3.05, 3.63) is 182 Å². The van der Waals surface area contributed by atoms with Gasteiger partial charge in [0.25, 0.3) is 0 Å². The zero-order valence-corrected chi connectivity index (χ0v) is 27.6. The van der Waals surface area contributed by atoms with Crippen molar-refractivity contribution in [2.75, 3.05) is 0 Å². The van der Waals surface area contributed by atoms with Crippen molar-refractivity contribution in [2.24, 2.45) is 0 Å². The van der Waals surface area contributed by atoms with E-state index in [1.165, 1.54) is 16.5 Å². The van der Waals surface area contributed by atoms with Gasteiger partial charge in [0.05, 0.1) is 0 Å². The van der Waals surface area contributed by atoms with Gasteiger partial charge in [-0.25, -0.2) is 15.0 Å². The SMILES string of the molecule is C1=CC2Oc3cc(-c4ccccc4)cc(-c4nc(-c5ccc6ccccc6c5)nc(-c5ccc6cc(-c7ccccc7)ccc6c5)n4)c3C2C=C1. The molecule has 0 bridgehead atoms. The first-order valence-corrected chi connectivity index (χ1v) is 17.3. The molecule has 0 saturated heterocycles. The van der Waals surface area contributed by atoms with Crippen molar-refractivity contribution in [3.8, 4) is 62.2 Å². The fourth-order valence-electron chi connectivity index (χ4n) is 7.43. The number of aromatic nitrogens is 3. The van der Waals surface area contributed by atoms with E-state index in [9.17, 15) is 0 Å². The Morgan fingerprint density at radius 1 is 0.392 bits per heavy atom. The summed E-state index contributed by atoms with van der Waals surface area (Å²) in [6.45, 7) is 0. The van der Waals surface area contributed by atoms with Gasteiger partial charge in [-0.05, 0) is 80.2 Å². The molecule has 7 aromatic carbocycles. The van der Waals surface area contributed by atoms with Gasteiger partial charge in [-0.1, -0.05) is 140 Å². The molecule has 8 aromatic rings. The molecule has 0 saturated carbocycles. The molecule has 2 atom stereocenters. The maximum atomic E-state index is 6.59. The number of hydrogen-bond donors (Lipinski definition) is 0. The highest BCUT2D eigenvalue weighted by atomic mass is 16.5. The lowest BCUT2D eigenvalue weighted by molar-refractivity contribution is 0.269. The lowest BCUT2D eigenvalue weighted by Gasteiger charge is -2.17. The monoisotopic (exact) mass is 653 g/mol. The first-order chi connectivity index (χ1) is 25.2. The quantitative estimate of drug-likeness (QED) is 0.185. The maximum absolute atomic E-state index is 6.59. The van der Waals surface area contributed by atoms with Crippen LogP contribution < -0.4 is 4.74 Å². The number of rotatable bonds is 5. The van der Waals surface area contributed by atoms with Gasteiger partial charge >= 0.3 is 0 Å². The predicted octanol–water partition coefficient (Wildman–Crippen LogP) is 11.5. The average molecular weight is 654 g/mol. The average Bonchev–Trinajstić information content (AvgIpc) is 3.59. The Labute approximate surface area is 296 Å². The van der Waals surface area contributed by atoms with Crippen LogP contribution in [0.25, 0.3) is 78.0 Å². The largest absolute Gasteiger partial charge is 0.485 e. The third kappa shape index (κ3) is 5.29. The zero-order chi connectivity index (χ0) is 33.7. The summed E-state index contributed by atoms with van der Waals surface area (Å²) in [7, 11) is 0. The van der Waals surface area contributed by atoms with Gasteiger partial charge in [0.1, 0.15) is 11.9 Å². The molecule has 1 aromatic heterocycles. The molecule has 0 fully saturated rings. The molecule has 0 radical (unpaired) electrons. The fraction of sp³-hybridized carbons (Fsp3) is 0.0426. The Kier molecular flexibility index (Phi) is 6.91. The number of hydrogen-bond acceptors (Lipinski definition) is 4. The van der Waals surface area contributed by atoms with Crippen molar-refractivity contribution in [1.29, 1.82) is 0 Å². The van der Waals surface area contributed by atoms with E-state index >= 15 is 0 Å². The summed E-state index contributed by atoms with van der Waals surface area (Å²) >= 11 is 0. The zero-order valence-electron chi connectivity index (χ0n) is 27.6. The topological polar surface area (TPSA) is 47.9 Å². The van der Waals surface area contributed by atoms with E-state index in [0.717, 1.165) is 55.3 Å². The first kappa shape index (κ1) is 29.3. The van der Waals surface area contributed by atoms with Gasteiger partial charge in [-0.2, -0.15) is 0 Å². The molecule has 1 aliphatic heterocycles. The van der Waals surface area contributed by atoms with Gasteiger partial charge in [-0.15, -0.1) is 0 Å². The van der Waals surface area contributed by atoms with Gasteiger partial charge in [0.15, 0.2) is 17.5 Å². The maximum Gasteiger partial charge on any atom is 0.164 e. The Morgan fingerprint density at radius 3 is 1.63 bits per heavy atom. The van der Waals surface area contributed by atoms with E-state index in [1.54, 1.807) is 0 Å². The van der Waals surface area contributed by atoms with Crippen molar-refractivity contribution < 1.29 is 4.74 Å². The summed E-state index contributed by atoms with van der Waals surface area (Å²) in [5.74, 6) is 2.82. The summed E-state index contributed by atoms with van der Waals surface area (Å²) in [5, 5.41) is 4.61. The number of allylic oxidation sites excluding steroid dienone is 2. The van der Waals surface area contributed by atoms with E-state index in [1.807, 2.05) is 12.1 Å². The van der Waals surface area contributed by atoms with E-state index in [0.29, 0.717) is 17.5 Å². The summed E-state index contributed by atoms with van der Waals surface area (Å²) in [6.07, 6.45) is 8.45. The van der Waals surface area contributed by atoms with Gasteiger partial charge < -0.3 is 4.74 Å². The molecular formula is C47H31N3O. The molecule has 51 heavy (non-hydrogen) atoms. The lowest BCUT2D eigenvalue weighted by atomic mass is 9.87. The third-order valence-corrected chi connectivity index (χ3v) is 10.0. The Balaban J connectivity index is 1.18. The van der Waals surface area contributed by atoms with E-state index in [-0.39, 0.29) is 12.0 Å². The van der Waals surface area contributed by atoms with Crippen LogP contribution in [0.15, 0.2) is 176 Å². The molecule has 1 aliphatic carbocycles. The van der Waals surface area contributed by atoms with Crippen LogP contribution >= 0.6 is 0 Å². The summed E-state index contributed by atoms with van der Waals surface area (Å²) in [4.78, 5) is 15.7. The molecule has 10 rings (SSSR count). The van der Waals surface area contributed by atoms with Crippen LogP contribution in [0.5, 0.6) is 5.75 Å². The summed E-state index contributed by atoms with van der Waals surface area (Å²) < 4.78 is 6.59. The minimum Gasteiger partial charge on any atom is -0.485 e. The molecule has 240 valence electrons. The Morgan fingerprint density at radius 2 is 0.922 bits per heavy atom. The third-order valence-electron chi connectivity index (χ3n) is 10.0. The first-order valence-electron chi connectivity index (χ1n) is 17.3. The summed E-state index contributed by atoms with van der Waals surface area (Å²) in [6, 6.07) is 53.2. The second kappa shape index (κ2) is 12.0. The molecule has 0 amide bonds. The molecule has 2 unspecified atom stereocenters. The minimum absolute atomic E-state index is 0.0636. The van der Waals surface area contributed by atoms with Crippen molar-refractivity contribution in [2.45, 2.75) is 12.0 Å². The van der Waals surface area contributed by atoms with Crippen LogP contribution in [-0.4, -0.2) is 21.1 Å². The van der Waals surface area contributed by atoms with E-state index in [2.05, 4.69) is 164 Å². The molecule has 4 nitrogen and oxygen atoms in total. The molecule has 2 aliphatic rings. The fourth-order valence-corrected chi connectivity index (χ4v) is 7.43. The number of benzene rings is 7. The second-order valence-corrected chi connectivity index (χ2v) is 13.2. The number of nitrogens with zero attached hydrogens (tertiary/aromatic N) is 3. The van der Waals surface area contributed by atoms with Crippen molar-refractivity contribution in [3.63, 3.8) is 0 Å². The van der Waals surface area contributed by atoms with Crippen LogP contribution in [-0.2, 0) is 0 Å². The highest BCUT2D eigenvalue weighted by Crippen LogP contribution is 2.48. The lowest BCUT2D eigenvalue weighted by Crippen LogP contribution is -2.16. The molecule has 0 N–H and O–H groups in total. The Hall–Kier alpha value is -6.65. The van der Waals surface area contributed by atoms with E-state index < -0.39 is 0 Å². The highest BCUT2D eigenvalue weighted by molar-refractivity contribution is 5.91. The molecular weight excluding hydrogens is 623 g/mol. The van der Waals surface area contributed by atoms with Crippen LogP contribution in [0.3, 0.4) is 0 Å². The van der Waals surface area contributed by atoms with Crippen molar-refractivity contribution >= 4 is 21.5 Å². The summed E-state index contributed by atoms with van der Waals surface area (Å²) in [5.41, 5.74) is 8.50. The van der Waals surface area contributed by atoms with Gasteiger partial charge in [0.2, 0.25) is 0 Å². The standard InChI is InChI=1S/C47H31N3O/c1-3-11-30(12-4-1)34-20-21-36-27-38(24-22-35(36)25-34)46-48-45(37-23-19-32-15-7-8-16-33(32)26-37)49-47(50-46)41-28-39(31-13-5-2-6-14-31)29-43-44(41)40-17-9-10-18-42(40)51-43/h1-29,40,42H. The number of ether oxygens (including phenoxy) is 1. The number of fused-ring (bicyclic) bond motifs is 5. The predicted molar refractivity (Wildman–Crippen MR) is 207 cm³/mol. The Bertz CT molecular complexity index is 2680. The van der Waals surface area contributed by atoms with Crippen LogP contribution in [0.4, 0.5) is 0 Å². The van der Waals surface area contributed by atoms with Gasteiger partial charge in [-0.3, -0.25) is 0 Å². The van der Waals surface area contributed by atoms with Crippen LogP contribution in [0.1, 0.15) is 11.5 Å². The smallest absolute Gasteiger partial charge is 0.164 e. The second-order valence-electron chi connectivity index (χ2n) is 13.2. The normalized spacial score (nSPS) is 15.8. The van der Waals surface area contributed by atoms with Crippen LogP contribution in [0, 0.1) is 0 Å². The van der Waals surface area contributed by atoms with E-state index in [4.69, 9.17) is 19.7 Å². The van der Waals surface area contributed by atoms with Crippen molar-refractivity contribution in [1.82, 2.24) is 15.0 Å². The minimum atomic E-state index is -0.0719.